The van der Waals surface area contributed by atoms with Crippen molar-refractivity contribution < 1.29 is 24.5 Å². The van der Waals surface area contributed by atoms with Gasteiger partial charge in [-0.2, -0.15) is 0 Å². The Morgan fingerprint density at radius 2 is 1.93 bits per heavy atom. The number of ketones is 1. The van der Waals surface area contributed by atoms with Crippen molar-refractivity contribution in [3.63, 3.8) is 0 Å². The molecule has 0 aromatic heterocycles. The summed E-state index contributed by atoms with van der Waals surface area (Å²) in [5.74, 6) is -0.753. The highest BCUT2D eigenvalue weighted by Crippen LogP contribution is 2.46. The lowest BCUT2D eigenvalue weighted by molar-refractivity contribution is -0.133. The van der Waals surface area contributed by atoms with Gasteiger partial charge in [-0.15, -0.1) is 0 Å². The number of ether oxygens (including phenoxy) is 1. The van der Waals surface area contributed by atoms with E-state index in [4.69, 9.17) is 9.84 Å². The SMILES string of the molecule is C\C=C(/C=C(C)/C=C(C)/C=C/C=C(\C)C(=O)[C@]12O[C@H]1[C@@H](CCO)NC2=O)CO. The zero-order valence-corrected chi connectivity index (χ0v) is 16.9. The maximum absolute atomic E-state index is 12.7. The first kappa shape index (κ1) is 22.0. The third kappa shape index (κ3) is 4.58. The summed E-state index contributed by atoms with van der Waals surface area (Å²) >= 11 is 0. The summed E-state index contributed by atoms with van der Waals surface area (Å²) in [6, 6.07) is -0.314. The van der Waals surface area contributed by atoms with Crippen LogP contribution in [-0.4, -0.2) is 52.9 Å². The molecule has 2 heterocycles. The van der Waals surface area contributed by atoms with Crippen LogP contribution in [0.2, 0.25) is 0 Å². The van der Waals surface area contributed by atoms with Crippen molar-refractivity contribution in [1.29, 1.82) is 0 Å². The second kappa shape index (κ2) is 9.28. The molecule has 1 amide bonds. The van der Waals surface area contributed by atoms with Crippen molar-refractivity contribution in [2.45, 2.75) is 51.9 Å². The Morgan fingerprint density at radius 1 is 1.21 bits per heavy atom. The Kier molecular flexibility index (Phi) is 7.29. The van der Waals surface area contributed by atoms with Gasteiger partial charge in [0.2, 0.25) is 11.4 Å². The lowest BCUT2D eigenvalue weighted by atomic mass is 9.94. The third-order valence-corrected chi connectivity index (χ3v) is 4.94. The molecule has 2 aliphatic rings. The smallest absolute Gasteiger partial charge is 0.263 e. The van der Waals surface area contributed by atoms with E-state index in [1.54, 1.807) is 19.1 Å². The number of nitrogens with one attached hydrogen (secondary N) is 1. The fourth-order valence-corrected chi connectivity index (χ4v) is 3.39. The Labute approximate surface area is 166 Å². The maximum atomic E-state index is 12.7. The predicted octanol–water partition coefficient (Wildman–Crippen LogP) is 1.91. The van der Waals surface area contributed by atoms with Crippen LogP contribution in [0.4, 0.5) is 0 Å². The molecule has 0 radical (unpaired) electrons. The largest absolute Gasteiger partial charge is 0.396 e. The Balaban J connectivity index is 2.03. The van der Waals surface area contributed by atoms with E-state index in [9.17, 15) is 14.7 Å². The maximum Gasteiger partial charge on any atom is 0.263 e. The Hall–Kier alpha value is -2.28. The number of Topliss-reactive ketones (excluding diaryl/α,β-unsaturated/α-hetero) is 1. The fraction of sp³-hybridized carbons (Fsp3) is 0.455. The second-order valence-corrected chi connectivity index (χ2v) is 7.20. The van der Waals surface area contributed by atoms with E-state index < -0.39 is 17.6 Å². The summed E-state index contributed by atoms with van der Waals surface area (Å²) in [6.07, 6.45) is 10.9. The highest BCUT2D eigenvalue weighted by atomic mass is 16.6. The van der Waals surface area contributed by atoms with E-state index in [1.165, 1.54) is 0 Å². The molecule has 28 heavy (non-hydrogen) atoms. The minimum Gasteiger partial charge on any atom is -0.396 e. The summed E-state index contributed by atoms with van der Waals surface area (Å²) in [5, 5.41) is 21.0. The van der Waals surface area contributed by atoms with E-state index in [0.29, 0.717) is 12.0 Å². The lowest BCUT2D eigenvalue weighted by Gasteiger charge is -2.10. The first-order valence-corrected chi connectivity index (χ1v) is 9.42. The van der Waals surface area contributed by atoms with Gasteiger partial charge in [-0.3, -0.25) is 9.59 Å². The van der Waals surface area contributed by atoms with E-state index in [2.05, 4.69) is 5.32 Å². The van der Waals surface area contributed by atoms with Crippen LogP contribution < -0.4 is 5.32 Å². The van der Waals surface area contributed by atoms with E-state index in [0.717, 1.165) is 16.7 Å². The quantitative estimate of drug-likeness (QED) is 0.243. The van der Waals surface area contributed by atoms with Gasteiger partial charge in [-0.25, -0.2) is 0 Å². The van der Waals surface area contributed by atoms with Crippen LogP contribution in [0, 0.1) is 0 Å². The number of carbonyl (C=O) groups is 2. The van der Waals surface area contributed by atoms with Crippen LogP contribution in [0.15, 0.2) is 58.7 Å². The predicted molar refractivity (Wildman–Crippen MR) is 107 cm³/mol. The number of hydrogen-bond donors (Lipinski definition) is 3. The number of hydrogen-bond acceptors (Lipinski definition) is 5. The number of morpholine rings is 1. The van der Waals surface area contributed by atoms with Crippen molar-refractivity contribution in [3.05, 3.63) is 58.7 Å². The molecular weight excluding hydrogens is 358 g/mol. The van der Waals surface area contributed by atoms with Gasteiger partial charge >= 0.3 is 0 Å². The van der Waals surface area contributed by atoms with Crippen LogP contribution >= 0.6 is 0 Å². The molecule has 2 saturated heterocycles. The number of aliphatic hydroxyl groups is 2. The van der Waals surface area contributed by atoms with E-state index in [-0.39, 0.29) is 25.0 Å². The molecule has 0 aromatic rings. The van der Waals surface area contributed by atoms with Crippen molar-refractivity contribution in [2.24, 2.45) is 0 Å². The van der Waals surface area contributed by atoms with Gasteiger partial charge in [0.05, 0.1) is 12.6 Å². The summed E-state index contributed by atoms with van der Waals surface area (Å²) < 4.78 is 5.46. The zero-order chi connectivity index (χ0) is 20.9. The monoisotopic (exact) mass is 387 g/mol. The number of aliphatic hydroxyl groups excluding tert-OH is 2. The zero-order valence-electron chi connectivity index (χ0n) is 16.9. The standard InChI is InChI=1S/C22H29NO5/c1-5-17(13-25)12-15(3)11-14(2)7-6-8-16(4)19(26)22-20(28-22)18(9-10-24)23-21(22)27/h5-8,11-12,18,20,24-25H,9-10,13H2,1-4H3,(H,23,27)/b7-6+,14-11+,15-12+,16-8+,17-5+/t18-,20+,22+/m1/s1. The molecule has 2 aliphatic heterocycles. The minimum absolute atomic E-state index is 0.00182. The van der Waals surface area contributed by atoms with Gasteiger partial charge in [0.25, 0.3) is 5.91 Å². The third-order valence-electron chi connectivity index (χ3n) is 4.94. The average Bonchev–Trinajstić information content (AvgIpc) is 3.35. The normalized spacial score (nSPS) is 28.6. The van der Waals surface area contributed by atoms with E-state index in [1.807, 2.05) is 45.1 Å². The fourth-order valence-electron chi connectivity index (χ4n) is 3.39. The van der Waals surface area contributed by atoms with Crippen LogP contribution in [0.3, 0.4) is 0 Å². The molecular formula is C22H29NO5. The van der Waals surface area contributed by atoms with E-state index >= 15 is 0 Å². The number of amides is 1. The van der Waals surface area contributed by atoms with Crippen molar-refractivity contribution in [1.82, 2.24) is 5.32 Å². The molecule has 6 heteroatoms. The highest BCUT2D eigenvalue weighted by molar-refractivity contribution is 6.21. The van der Waals surface area contributed by atoms with Crippen molar-refractivity contribution >= 4 is 11.7 Å². The molecule has 0 unspecified atom stereocenters. The van der Waals surface area contributed by atoms with Crippen LogP contribution in [0.5, 0.6) is 0 Å². The first-order valence-electron chi connectivity index (χ1n) is 9.42. The second-order valence-electron chi connectivity index (χ2n) is 7.20. The summed E-state index contributed by atoms with van der Waals surface area (Å²) in [7, 11) is 0. The summed E-state index contributed by atoms with van der Waals surface area (Å²) in [5.41, 5.74) is 1.87. The minimum atomic E-state index is -1.41. The Bertz CT molecular complexity index is 787. The Morgan fingerprint density at radius 3 is 2.50 bits per heavy atom. The number of fused-ring (bicyclic) bond motifs is 1. The average molecular weight is 387 g/mol. The number of epoxide rings is 1. The molecule has 0 aliphatic carbocycles. The molecule has 2 fully saturated rings. The summed E-state index contributed by atoms with van der Waals surface area (Å²) in [4.78, 5) is 24.9. The molecule has 2 rings (SSSR count). The van der Waals surface area contributed by atoms with Gasteiger partial charge < -0.3 is 20.3 Å². The van der Waals surface area contributed by atoms with Gasteiger partial charge in [0.15, 0.2) is 0 Å². The van der Waals surface area contributed by atoms with Gasteiger partial charge in [0, 0.05) is 6.61 Å². The first-order chi connectivity index (χ1) is 13.3. The van der Waals surface area contributed by atoms with Crippen molar-refractivity contribution in [3.8, 4) is 0 Å². The van der Waals surface area contributed by atoms with Crippen LogP contribution in [0.1, 0.15) is 34.1 Å². The van der Waals surface area contributed by atoms with Gasteiger partial charge in [-0.1, -0.05) is 47.6 Å². The molecule has 3 atom stereocenters. The summed E-state index contributed by atoms with van der Waals surface area (Å²) in [6.45, 7) is 7.36. The number of carbonyl (C=O) groups excluding carboxylic acids is 2. The molecule has 0 aromatic carbocycles. The van der Waals surface area contributed by atoms with Gasteiger partial charge in [0.1, 0.15) is 6.10 Å². The lowest BCUT2D eigenvalue weighted by Crippen LogP contribution is -2.39. The molecule has 0 bridgehead atoms. The van der Waals surface area contributed by atoms with Crippen LogP contribution in [-0.2, 0) is 14.3 Å². The molecule has 3 N–H and O–H groups in total. The number of allylic oxidation sites excluding steroid dienone is 7. The molecule has 0 saturated carbocycles. The number of rotatable bonds is 9. The molecule has 152 valence electrons. The highest BCUT2D eigenvalue weighted by Gasteiger charge is 2.74. The molecule has 6 nitrogen and oxygen atoms in total. The van der Waals surface area contributed by atoms with Gasteiger partial charge in [-0.05, 0) is 45.3 Å². The van der Waals surface area contributed by atoms with Crippen LogP contribution in [0.25, 0.3) is 0 Å². The topological polar surface area (TPSA) is 99.2 Å². The van der Waals surface area contributed by atoms with Crippen molar-refractivity contribution in [2.75, 3.05) is 13.2 Å². The molecule has 0 spiro atoms.